The Balaban J connectivity index is 2.83. The Bertz CT molecular complexity index is 434. The van der Waals surface area contributed by atoms with Crippen molar-refractivity contribution in [2.24, 2.45) is 10.9 Å². The van der Waals surface area contributed by atoms with Gasteiger partial charge in [0.1, 0.15) is 0 Å². The first-order valence-corrected chi connectivity index (χ1v) is 6.48. The lowest BCUT2D eigenvalue weighted by Crippen LogP contribution is -2.42. The average molecular weight is 265 g/mol. The van der Waals surface area contributed by atoms with E-state index >= 15 is 0 Å². The first kappa shape index (κ1) is 15.5. The predicted molar refractivity (Wildman–Crippen MR) is 76.2 cm³/mol. The molecule has 0 fully saturated rings. The van der Waals surface area contributed by atoms with Gasteiger partial charge in [-0.25, -0.2) is 0 Å². The molecule has 0 aliphatic carbocycles. The summed E-state index contributed by atoms with van der Waals surface area (Å²) in [6, 6.07) is 7.53. The quantitative estimate of drug-likeness (QED) is 0.260. The number of aliphatic hydroxyl groups is 1. The highest BCUT2D eigenvalue weighted by Gasteiger charge is 2.20. The smallest absolute Gasteiger partial charge is 0.170 e. The van der Waals surface area contributed by atoms with Gasteiger partial charge in [0, 0.05) is 24.3 Å². The predicted octanol–water partition coefficient (Wildman–Crippen LogP) is 1.42. The van der Waals surface area contributed by atoms with Crippen LogP contribution in [0.25, 0.3) is 0 Å². The Kier molecular flexibility index (Phi) is 5.79. The fraction of sp³-hybridized carbons (Fsp3) is 0.500. The lowest BCUT2D eigenvalue weighted by atomic mass is 9.94. The van der Waals surface area contributed by atoms with E-state index in [2.05, 4.69) is 24.3 Å². The molecule has 1 atom stereocenters. The van der Waals surface area contributed by atoms with Gasteiger partial charge in [0.2, 0.25) is 0 Å². The lowest BCUT2D eigenvalue weighted by Gasteiger charge is -2.29. The van der Waals surface area contributed by atoms with Gasteiger partial charge in [0.15, 0.2) is 5.84 Å². The molecule has 0 bridgehead atoms. The van der Waals surface area contributed by atoms with Crippen LogP contribution < -0.4 is 11.1 Å². The molecule has 1 unspecified atom stereocenters. The number of rotatable bonds is 7. The number of hydrogen-bond donors (Lipinski definition) is 4. The monoisotopic (exact) mass is 265 g/mol. The van der Waals surface area contributed by atoms with Gasteiger partial charge in [-0.15, -0.1) is 0 Å². The summed E-state index contributed by atoms with van der Waals surface area (Å²) in [7, 11) is 0. The van der Waals surface area contributed by atoms with Crippen LogP contribution in [0.15, 0.2) is 29.4 Å². The largest absolute Gasteiger partial charge is 0.409 e. The Morgan fingerprint density at radius 1 is 1.42 bits per heavy atom. The molecular weight excluding hydrogens is 242 g/mol. The van der Waals surface area contributed by atoms with Crippen molar-refractivity contribution in [3.05, 3.63) is 35.4 Å². The Labute approximate surface area is 114 Å². The number of amidine groups is 1. The van der Waals surface area contributed by atoms with Crippen LogP contribution in [0, 0.1) is 0 Å². The summed E-state index contributed by atoms with van der Waals surface area (Å²) in [5.74, 6) is 0.109. The number of oxime groups is 1. The topological polar surface area (TPSA) is 90.9 Å². The summed E-state index contributed by atoms with van der Waals surface area (Å²) in [4.78, 5) is 0. The van der Waals surface area contributed by atoms with Crippen molar-refractivity contribution in [2.45, 2.75) is 38.8 Å². The molecule has 5 N–H and O–H groups in total. The third-order valence-electron chi connectivity index (χ3n) is 3.55. The van der Waals surface area contributed by atoms with Gasteiger partial charge in [-0.3, -0.25) is 0 Å². The zero-order valence-corrected chi connectivity index (χ0v) is 11.6. The van der Waals surface area contributed by atoms with Gasteiger partial charge in [-0.2, -0.15) is 0 Å². The summed E-state index contributed by atoms with van der Waals surface area (Å²) in [5.41, 5.74) is 7.23. The lowest BCUT2D eigenvalue weighted by molar-refractivity contribution is 0.214. The molecule has 0 amide bonds. The summed E-state index contributed by atoms with van der Waals surface area (Å²) in [5, 5.41) is 24.4. The van der Waals surface area contributed by atoms with Crippen molar-refractivity contribution in [3.8, 4) is 0 Å². The number of hydrogen-bond acceptors (Lipinski definition) is 4. The minimum atomic E-state index is -0.118. The first-order chi connectivity index (χ1) is 9.06. The van der Waals surface area contributed by atoms with E-state index in [0.29, 0.717) is 13.0 Å². The molecule has 0 aliphatic rings. The normalized spacial score (nSPS) is 15.2. The summed E-state index contributed by atoms with van der Waals surface area (Å²) >= 11 is 0. The molecule has 106 valence electrons. The van der Waals surface area contributed by atoms with Crippen LogP contribution in [0.4, 0.5) is 0 Å². The second-order valence-electron chi connectivity index (χ2n) is 4.88. The van der Waals surface area contributed by atoms with E-state index in [1.54, 1.807) is 0 Å². The van der Waals surface area contributed by atoms with E-state index in [9.17, 15) is 0 Å². The average Bonchev–Trinajstić information content (AvgIpc) is 2.45. The Hall–Kier alpha value is -1.59. The Morgan fingerprint density at radius 3 is 2.68 bits per heavy atom. The van der Waals surface area contributed by atoms with E-state index in [4.69, 9.17) is 16.0 Å². The molecule has 19 heavy (non-hydrogen) atoms. The van der Waals surface area contributed by atoms with Crippen LogP contribution in [0.1, 0.15) is 37.8 Å². The fourth-order valence-corrected chi connectivity index (χ4v) is 1.92. The molecule has 0 saturated heterocycles. The summed E-state index contributed by atoms with van der Waals surface area (Å²) in [6.07, 6.45) is 1.61. The van der Waals surface area contributed by atoms with Crippen LogP contribution in [-0.2, 0) is 6.54 Å². The minimum absolute atomic E-state index is 0.109. The highest BCUT2D eigenvalue weighted by atomic mass is 16.4. The van der Waals surface area contributed by atoms with Crippen molar-refractivity contribution in [3.63, 3.8) is 0 Å². The van der Waals surface area contributed by atoms with Crippen LogP contribution in [-0.4, -0.2) is 28.3 Å². The maximum atomic E-state index is 9.10. The third-order valence-corrected chi connectivity index (χ3v) is 3.55. The van der Waals surface area contributed by atoms with Crippen molar-refractivity contribution in [1.29, 1.82) is 0 Å². The highest BCUT2D eigenvalue weighted by molar-refractivity contribution is 5.98. The SMILES string of the molecule is CCC(C)(CCO)NCc1ccccc1/C(N)=N/O. The van der Waals surface area contributed by atoms with E-state index in [1.807, 2.05) is 24.3 Å². The minimum Gasteiger partial charge on any atom is -0.409 e. The maximum Gasteiger partial charge on any atom is 0.170 e. The van der Waals surface area contributed by atoms with Crippen molar-refractivity contribution in [2.75, 3.05) is 6.61 Å². The van der Waals surface area contributed by atoms with E-state index in [-0.39, 0.29) is 18.0 Å². The van der Waals surface area contributed by atoms with Crippen LogP contribution >= 0.6 is 0 Å². The van der Waals surface area contributed by atoms with E-state index in [0.717, 1.165) is 17.5 Å². The van der Waals surface area contributed by atoms with Gasteiger partial charge in [-0.05, 0) is 25.3 Å². The van der Waals surface area contributed by atoms with Gasteiger partial charge < -0.3 is 21.4 Å². The molecule has 1 aromatic carbocycles. The molecule has 0 aliphatic heterocycles. The van der Waals surface area contributed by atoms with Crippen molar-refractivity contribution < 1.29 is 10.3 Å². The van der Waals surface area contributed by atoms with Gasteiger partial charge >= 0.3 is 0 Å². The fourth-order valence-electron chi connectivity index (χ4n) is 1.92. The van der Waals surface area contributed by atoms with Crippen LogP contribution in [0.5, 0.6) is 0 Å². The second kappa shape index (κ2) is 7.11. The molecule has 5 heteroatoms. The summed E-state index contributed by atoms with van der Waals surface area (Å²) < 4.78 is 0. The second-order valence-corrected chi connectivity index (χ2v) is 4.88. The van der Waals surface area contributed by atoms with Gasteiger partial charge in [0.25, 0.3) is 0 Å². The van der Waals surface area contributed by atoms with E-state index < -0.39 is 0 Å². The number of nitrogens with two attached hydrogens (primary N) is 1. The molecular formula is C14H23N3O2. The Morgan fingerprint density at radius 2 is 2.11 bits per heavy atom. The van der Waals surface area contributed by atoms with E-state index in [1.165, 1.54) is 0 Å². The molecule has 5 nitrogen and oxygen atoms in total. The van der Waals surface area contributed by atoms with Gasteiger partial charge in [0.05, 0.1) is 0 Å². The standard InChI is InChI=1S/C14H23N3O2/c1-3-14(2,8-9-18)16-10-11-6-4-5-7-12(11)13(15)17-19/h4-7,16,18-19H,3,8-10H2,1-2H3,(H2,15,17). The molecule has 0 spiro atoms. The number of benzene rings is 1. The third kappa shape index (κ3) is 4.22. The molecule has 0 radical (unpaired) electrons. The van der Waals surface area contributed by atoms with Crippen molar-refractivity contribution >= 4 is 5.84 Å². The zero-order valence-electron chi connectivity index (χ0n) is 11.6. The highest BCUT2D eigenvalue weighted by Crippen LogP contribution is 2.16. The van der Waals surface area contributed by atoms with Gasteiger partial charge in [-0.1, -0.05) is 36.3 Å². The van der Waals surface area contributed by atoms with Crippen molar-refractivity contribution in [1.82, 2.24) is 5.32 Å². The van der Waals surface area contributed by atoms with Crippen LogP contribution in [0.3, 0.4) is 0 Å². The maximum absolute atomic E-state index is 9.10. The molecule has 0 aromatic heterocycles. The summed E-state index contributed by atoms with van der Waals surface area (Å²) in [6.45, 7) is 4.92. The number of aliphatic hydroxyl groups excluding tert-OH is 1. The number of nitrogens with one attached hydrogen (secondary N) is 1. The molecule has 0 saturated carbocycles. The zero-order chi connectivity index (χ0) is 14.3. The first-order valence-electron chi connectivity index (χ1n) is 6.48. The van der Waals surface area contributed by atoms with Crippen LogP contribution in [0.2, 0.25) is 0 Å². The molecule has 0 heterocycles. The number of nitrogens with zero attached hydrogens (tertiary/aromatic N) is 1. The molecule has 1 rings (SSSR count). The molecule has 1 aromatic rings.